The summed E-state index contributed by atoms with van der Waals surface area (Å²) in [7, 11) is 0. The molecule has 2 aliphatic rings. The number of aromatic nitrogens is 2. The Balaban J connectivity index is 1.01. The van der Waals surface area contributed by atoms with Crippen molar-refractivity contribution in [3.8, 4) is 11.1 Å². The molecule has 0 spiro atoms. The molecule has 0 bridgehead atoms. The van der Waals surface area contributed by atoms with E-state index >= 15 is 0 Å². The van der Waals surface area contributed by atoms with Gasteiger partial charge in [0.15, 0.2) is 5.13 Å². The number of fused-ring (bicyclic) bond motifs is 2. The topological polar surface area (TPSA) is 44.3 Å². The fourth-order valence-corrected chi connectivity index (χ4v) is 9.00. The number of piperidine rings is 1. The third kappa shape index (κ3) is 8.03. The lowest BCUT2D eigenvalue weighted by atomic mass is 9.90. The number of anilines is 2. The van der Waals surface area contributed by atoms with Gasteiger partial charge in [-0.2, -0.15) is 0 Å². The van der Waals surface area contributed by atoms with Crippen molar-refractivity contribution >= 4 is 44.3 Å². The minimum absolute atomic E-state index is 0.775. The number of thiazole rings is 1. The molecule has 3 aromatic carbocycles. The summed E-state index contributed by atoms with van der Waals surface area (Å²) in [6.07, 6.45) is 14.0. The van der Waals surface area contributed by atoms with E-state index in [4.69, 9.17) is 9.97 Å². The van der Waals surface area contributed by atoms with Gasteiger partial charge in [-0.3, -0.25) is 4.90 Å². The number of benzene rings is 3. The van der Waals surface area contributed by atoms with Crippen molar-refractivity contribution in [1.29, 1.82) is 0 Å². The molecule has 0 saturated carbocycles. The van der Waals surface area contributed by atoms with Crippen molar-refractivity contribution in [2.45, 2.75) is 64.8 Å². The molecule has 0 radical (unpaired) electrons. The van der Waals surface area contributed by atoms with Crippen LogP contribution in [0, 0.1) is 12.8 Å². The molecule has 2 aliphatic heterocycles. The SMILES string of the molecule is C=CCN1CCCC(CCCCCc2cccc(-c3ccc(N4CCc5cccc(C(=C)Nc6nc7ccccc7s6)c5C4)nc3C=C)c2C)C1. The predicted octanol–water partition coefficient (Wildman–Crippen LogP) is 11.0. The Bertz CT molecular complexity index is 1990. The highest BCUT2D eigenvalue weighted by atomic mass is 32.1. The van der Waals surface area contributed by atoms with Crippen LogP contribution in [0.3, 0.4) is 0 Å². The molecule has 5 nitrogen and oxygen atoms in total. The van der Waals surface area contributed by atoms with Crippen molar-refractivity contribution in [2.75, 3.05) is 36.4 Å². The van der Waals surface area contributed by atoms with Crippen LogP contribution in [-0.2, 0) is 19.4 Å². The van der Waals surface area contributed by atoms with Crippen molar-refractivity contribution in [3.05, 3.63) is 132 Å². The standard InChI is InChI=1S/C45H51N5S/c1-5-27-49-28-14-16-34(30-49)15-8-7-9-17-35-18-12-20-37(32(35)3)39-24-25-44(47-41(39)6-2)50-29-26-36-19-13-21-38(40(36)31-50)33(4)46-45-48-42-22-10-11-23-43(42)51-45/h5-6,10-13,18-25,34H,1-2,4,7-9,14-17,26-31H2,3H3,(H,46,48). The average molecular weight is 694 g/mol. The normalized spacial score (nSPS) is 16.2. The van der Waals surface area contributed by atoms with Crippen LogP contribution in [0.25, 0.3) is 33.1 Å². The molecule has 0 amide bonds. The number of hydrogen-bond donors (Lipinski definition) is 1. The molecule has 4 heterocycles. The first kappa shape index (κ1) is 34.9. The summed E-state index contributed by atoms with van der Waals surface area (Å²) in [6, 6.07) is 26.0. The van der Waals surface area contributed by atoms with Gasteiger partial charge in [-0.1, -0.05) is 91.9 Å². The molecule has 6 heteroatoms. The molecule has 2 aromatic heterocycles. The Hall–Kier alpha value is -4.52. The molecular weight excluding hydrogens is 643 g/mol. The van der Waals surface area contributed by atoms with Crippen molar-refractivity contribution in [2.24, 2.45) is 5.92 Å². The molecule has 0 aliphatic carbocycles. The maximum Gasteiger partial charge on any atom is 0.188 e. The molecule has 1 N–H and O–H groups in total. The zero-order valence-electron chi connectivity index (χ0n) is 30.2. The Labute approximate surface area is 308 Å². The second-order valence-electron chi connectivity index (χ2n) is 14.3. The molecule has 1 saturated heterocycles. The number of para-hydroxylation sites is 1. The lowest BCUT2D eigenvalue weighted by Gasteiger charge is -2.32. The zero-order chi connectivity index (χ0) is 35.2. The van der Waals surface area contributed by atoms with Crippen LogP contribution in [0.4, 0.5) is 10.9 Å². The first-order valence-corrected chi connectivity index (χ1v) is 19.6. The lowest BCUT2D eigenvalue weighted by molar-refractivity contribution is 0.182. The second-order valence-corrected chi connectivity index (χ2v) is 15.3. The van der Waals surface area contributed by atoms with Crippen LogP contribution < -0.4 is 10.2 Å². The molecule has 262 valence electrons. The monoisotopic (exact) mass is 693 g/mol. The molecule has 1 atom stereocenters. The Morgan fingerprint density at radius 1 is 0.941 bits per heavy atom. The Morgan fingerprint density at radius 3 is 2.69 bits per heavy atom. The number of pyridine rings is 1. The highest BCUT2D eigenvalue weighted by molar-refractivity contribution is 7.22. The second kappa shape index (κ2) is 16.2. The number of hydrogen-bond acceptors (Lipinski definition) is 6. The van der Waals surface area contributed by atoms with Gasteiger partial charge >= 0.3 is 0 Å². The van der Waals surface area contributed by atoms with Crippen molar-refractivity contribution in [1.82, 2.24) is 14.9 Å². The maximum atomic E-state index is 5.20. The number of unbranched alkanes of at least 4 members (excludes halogenated alkanes) is 2. The van der Waals surface area contributed by atoms with Gasteiger partial charge in [0, 0.05) is 43.0 Å². The van der Waals surface area contributed by atoms with Crippen molar-refractivity contribution < 1.29 is 0 Å². The van der Waals surface area contributed by atoms with Crippen LogP contribution in [0.5, 0.6) is 0 Å². The minimum Gasteiger partial charge on any atom is -0.352 e. The Morgan fingerprint density at radius 2 is 1.82 bits per heavy atom. The van der Waals surface area contributed by atoms with E-state index < -0.39 is 0 Å². The maximum absolute atomic E-state index is 5.20. The van der Waals surface area contributed by atoms with Crippen molar-refractivity contribution in [3.63, 3.8) is 0 Å². The van der Waals surface area contributed by atoms with E-state index in [0.29, 0.717) is 0 Å². The highest BCUT2D eigenvalue weighted by Gasteiger charge is 2.23. The smallest absolute Gasteiger partial charge is 0.188 e. The van der Waals surface area contributed by atoms with Gasteiger partial charge in [0.1, 0.15) is 5.82 Å². The summed E-state index contributed by atoms with van der Waals surface area (Å²) < 4.78 is 1.17. The number of nitrogens with one attached hydrogen (secondary N) is 1. The third-order valence-corrected chi connectivity index (χ3v) is 11.8. The Kier molecular flexibility index (Phi) is 11.1. The van der Waals surface area contributed by atoms with Gasteiger partial charge in [-0.25, -0.2) is 9.97 Å². The van der Waals surface area contributed by atoms with E-state index in [1.165, 1.54) is 84.1 Å². The quantitative estimate of drug-likeness (QED) is 0.0926. The average Bonchev–Trinajstić information content (AvgIpc) is 3.57. The van der Waals surface area contributed by atoms with Gasteiger partial charge in [-0.05, 0) is 116 Å². The van der Waals surface area contributed by atoms with Crippen LogP contribution in [0.1, 0.15) is 72.0 Å². The summed E-state index contributed by atoms with van der Waals surface area (Å²) >= 11 is 1.66. The van der Waals surface area contributed by atoms with Gasteiger partial charge in [0.05, 0.1) is 15.9 Å². The van der Waals surface area contributed by atoms with Crippen LogP contribution in [0.15, 0.2) is 98.6 Å². The van der Waals surface area contributed by atoms with Crippen LogP contribution in [-0.4, -0.2) is 41.0 Å². The number of nitrogens with zero attached hydrogens (tertiary/aromatic N) is 4. The molecule has 1 unspecified atom stereocenters. The number of aryl methyl sites for hydroxylation is 1. The fourth-order valence-electron chi connectivity index (χ4n) is 8.11. The summed E-state index contributed by atoms with van der Waals surface area (Å²) in [4.78, 5) is 14.9. The fraction of sp³-hybridized carbons (Fsp3) is 0.333. The summed E-state index contributed by atoms with van der Waals surface area (Å²) in [5, 5.41) is 4.37. The summed E-state index contributed by atoms with van der Waals surface area (Å²) in [5.74, 6) is 1.84. The first-order chi connectivity index (χ1) is 25.0. The number of likely N-dealkylation sites (tertiary alicyclic amines) is 1. The molecule has 51 heavy (non-hydrogen) atoms. The van der Waals surface area contributed by atoms with E-state index in [1.54, 1.807) is 11.3 Å². The van der Waals surface area contributed by atoms with E-state index in [2.05, 4.69) is 109 Å². The molecule has 5 aromatic rings. The van der Waals surface area contributed by atoms with E-state index in [0.717, 1.165) is 77.4 Å². The molecule has 7 rings (SSSR count). The first-order valence-electron chi connectivity index (χ1n) is 18.7. The van der Waals surface area contributed by atoms with Gasteiger partial charge in [0.25, 0.3) is 0 Å². The van der Waals surface area contributed by atoms with Gasteiger partial charge < -0.3 is 10.2 Å². The largest absolute Gasteiger partial charge is 0.352 e. The summed E-state index contributed by atoms with van der Waals surface area (Å²) in [6.45, 7) is 20.1. The van der Waals surface area contributed by atoms with Gasteiger partial charge in [0.2, 0.25) is 0 Å². The van der Waals surface area contributed by atoms with Gasteiger partial charge in [-0.15, -0.1) is 6.58 Å². The third-order valence-electron chi connectivity index (χ3n) is 10.9. The predicted molar refractivity (Wildman–Crippen MR) is 220 cm³/mol. The van der Waals surface area contributed by atoms with E-state index in [1.807, 2.05) is 18.2 Å². The number of rotatable bonds is 14. The van der Waals surface area contributed by atoms with E-state index in [-0.39, 0.29) is 0 Å². The van der Waals surface area contributed by atoms with E-state index in [9.17, 15) is 0 Å². The molecule has 1 fully saturated rings. The van der Waals surface area contributed by atoms with Crippen LogP contribution in [0.2, 0.25) is 0 Å². The minimum atomic E-state index is 0.775. The molecular formula is C45H51N5S. The highest BCUT2D eigenvalue weighted by Crippen LogP contribution is 2.35. The zero-order valence-corrected chi connectivity index (χ0v) is 31.0. The van der Waals surface area contributed by atoms with Crippen LogP contribution >= 0.6 is 11.3 Å². The summed E-state index contributed by atoms with van der Waals surface area (Å²) in [5.41, 5.74) is 11.8. The lowest BCUT2D eigenvalue weighted by Crippen LogP contribution is -2.35.